The second-order valence-corrected chi connectivity index (χ2v) is 8.47. The molecule has 0 saturated heterocycles. The highest BCUT2D eigenvalue weighted by Crippen LogP contribution is 2.30. The number of amides is 1. The third kappa shape index (κ3) is 4.95. The van der Waals surface area contributed by atoms with Gasteiger partial charge in [0.25, 0.3) is 5.91 Å². The lowest BCUT2D eigenvalue weighted by molar-refractivity contribution is 0.0918. The van der Waals surface area contributed by atoms with E-state index < -0.39 is 0 Å². The number of aryl methyl sites for hydroxylation is 1. The summed E-state index contributed by atoms with van der Waals surface area (Å²) < 4.78 is 7.88. The van der Waals surface area contributed by atoms with Gasteiger partial charge in [0.05, 0.1) is 11.9 Å². The number of hydrogen-bond donors (Lipinski definition) is 1. The molecular weight excluding hydrogens is 388 g/mol. The average Bonchev–Trinajstić information content (AvgIpc) is 3.22. The minimum atomic E-state index is -0.0354. The molecule has 1 aromatic carbocycles. The highest BCUT2D eigenvalue weighted by atomic mass is 16.5. The molecule has 0 spiro atoms. The van der Waals surface area contributed by atoms with Crippen LogP contribution in [0.25, 0.3) is 11.3 Å². The van der Waals surface area contributed by atoms with E-state index in [0.29, 0.717) is 23.0 Å². The lowest BCUT2D eigenvalue weighted by Gasteiger charge is -2.28. The predicted octanol–water partition coefficient (Wildman–Crippen LogP) is 5.28. The van der Waals surface area contributed by atoms with E-state index in [1.54, 1.807) is 17.1 Å². The molecule has 1 saturated carbocycles. The zero-order chi connectivity index (χ0) is 21.8. The van der Waals surface area contributed by atoms with Crippen molar-refractivity contribution in [1.29, 1.82) is 0 Å². The van der Waals surface area contributed by atoms with Crippen LogP contribution in [0.3, 0.4) is 0 Å². The molecule has 1 N–H and O–H groups in total. The molecule has 0 bridgehead atoms. The van der Waals surface area contributed by atoms with Crippen LogP contribution in [0.15, 0.2) is 48.9 Å². The van der Waals surface area contributed by atoms with Crippen LogP contribution in [-0.2, 0) is 7.05 Å². The van der Waals surface area contributed by atoms with Crippen molar-refractivity contribution >= 4 is 5.91 Å². The fourth-order valence-corrected chi connectivity index (χ4v) is 4.32. The first kappa shape index (κ1) is 21.1. The molecule has 0 aliphatic heterocycles. The van der Waals surface area contributed by atoms with Crippen LogP contribution >= 0.6 is 0 Å². The Labute approximate surface area is 183 Å². The van der Waals surface area contributed by atoms with Crippen LogP contribution in [0.1, 0.15) is 54.9 Å². The SMILES string of the molecule is Cc1c(Oc2ccnc(-c3cnn(C)c3)c2)cccc1C(=O)N[C@@H](C)C1CCCCC1. The van der Waals surface area contributed by atoms with Gasteiger partial charge in [-0.15, -0.1) is 0 Å². The zero-order valence-corrected chi connectivity index (χ0v) is 18.5. The van der Waals surface area contributed by atoms with E-state index in [1.807, 2.05) is 50.5 Å². The molecule has 0 radical (unpaired) electrons. The van der Waals surface area contributed by atoms with Gasteiger partial charge in [-0.05, 0) is 50.8 Å². The predicted molar refractivity (Wildman–Crippen MR) is 121 cm³/mol. The van der Waals surface area contributed by atoms with Crippen LogP contribution in [0.5, 0.6) is 11.5 Å². The van der Waals surface area contributed by atoms with Gasteiger partial charge < -0.3 is 10.1 Å². The molecule has 1 fully saturated rings. The van der Waals surface area contributed by atoms with Gasteiger partial charge in [-0.1, -0.05) is 25.3 Å². The van der Waals surface area contributed by atoms with E-state index in [1.165, 1.54) is 32.1 Å². The molecule has 3 aromatic rings. The molecule has 1 aliphatic carbocycles. The second-order valence-electron chi connectivity index (χ2n) is 8.47. The summed E-state index contributed by atoms with van der Waals surface area (Å²) in [5, 5.41) is 7.42. The molecule has 2 aromatic heterocycles. The number of carbonyl (C=O) groups is 1. The van der Waals surface area contributed by atoms with Crippen molar-refractivity contribution < 1.29 is 9.53 Å². The molecule has 31 heavy (non-hydrogen) atoms. The summed E-state index contributed by atoms with van der Waals surface area (Å²) in [5.41, 5.74) is 3.20. The highest BCUT2D eigenvalue weighted by Gasteiger charge is 2.23. The second kappa shape index (κ2) is 9.33. The van der Waals surface area contributed by atoms with E-state index in [2.05, 4.69) is 22.3 Å². The molecule has 1 amide bonds. The summed E-state index contributed by atoms with van der Waals surface area (Å²) in [7, 11) is 1.87. The van der Waals surface area contributed by atoms with E-state index in [-0.39, 0.29) is 11.9 Å². The van der Waals surface area contributed by atoms with Crippen molar-refractivity contribution in [2.45, 2.75) is 52.0 Å². The zero-order valence-electron chi connectivity index (χ0n) is 18.5. The molecule has 6 nitrogen and oxygen atoms in total. The summed E-state index contributed by atoms with van der Waals surface area (Å²) in [6.07, 6.45) is 11.6. The standard InChI is InChI=1S/C25H30N4O2/c1-17-22(25(30)28-18(2)19-8-5-4-6-9-19)10-7-11-24(17)31-21-12-13-26-23(14-21)20-15-27-29(3)16-20/h7,10-16,18-19H,4-6,8-9H2,1-3H3,(H,28,30)/t18-/m0/s1. The number of carbonyl (C=O) groups excluding carboxylic acids is 1. The fourth-order valence-electron chi connectivity index (χ4n) is 4.32. The van der Waals surface area contributed by atoms with Gasteiger partial charge in [0.1, 0.15) is 11.5 Å². The Kier molecular flexibility index (Phi) is 6.35. The van der Waals surface area contributed by atoms with Crippen LogP contribution in [0, 0.1) is 12.8 Å². The Hall–Kier alpha value is -3.15. The molecule has 0 unspecified atom stereocenters. The molecule has 6 heteroatoms. The topological polar surface area (TPSA) is 69.0 Å². The first-order valence-electron chi connectivity index (χ1n) is 11.0. The third-order valence-corrected chi connectivity index (χ3v) is 6.20. The first-order valence-corrected chi connectivity index (χ1v) is 11.0. The van der Waals surface area contributed by atoms with Gasteiger partial charge in [-0.2, -0.15) is 5.10 Å². The number of ether oxygens (including phenoxy) is 1. The van der Waals surface area contributed by atoms with Gasteiger partial charge in [-0.25, -0.2) is 0 Å². The van der Waals surface area contributed by atoms with Gasteiger partial charge >= 0.3 is 0 Å². The number of benzene rings is 1. The van der Waals surface area contributed by atoms with Crippen molar-refractivity contribution in [3.63, 3.8) is 0 Å². The van der Waals surface area contributed by atoms with Crippen molar-refractivity contribution in [2.24, 2.45) is 13.0 Å². The van der Waals surface area contributed by atoms with Crippen LogP contribution in [0.4, 0.5) is 0 Å². The third-order valence-electron chi connectivity index (χ3n) is 6.20. The summed E-state index contributed by atoms with van der Waals surface area (Å²) in [5.74, 6) is 1.87. The Morgan fingerprint density at radius 3 is 2.77 bits per heavy atom. The maximum atomic E-state index is 13.0. The first-order chi connectivity index (χ1) is 15.0. The van der Waals surface area contributed by atoms with Crippen LogP contribution < -0.4 is 10.1 Å². The van der Waals surface area contributed by atoms with Gasteiger partial charge in [-0.3, -0.25) is 14.5 Å². The quantitative estimate of drug-likeness (QED) is 0.591. The normalized spacial score (nSPS) is 15.5. The molecule has 4 rings (SSSR count). The van der Waals surface area contributed by atoms with Gasteiger partial charge in [0.15, 0.2) is 0 Å². The summed E-state index contributed by atoms with van der Waals surface area (Å²) in [4.78, 5) is 17.4. The number of rotatable bonds is 6. The Balaban J connectivity index is 1.49. The maximum Gasteiger partial charge on any atom is 0.251 e. The molecule has 2 heterocycles. The lowest BCUT2D eigenvalue weighted by atomic mass is 9.84. The van der Waals surface area contributed by atoms with E-state index in [0.717, 1.165) is 16.8 Å². The van der Waals surface area contributed by atoms with Crippen LogP contribution in [-0.4, -0.2) is 26.7 Å². The van der Waals surface area contributed by atoms with Gasteiger partial charge in [0, 0.05) is 48.2 Å². The van der Waals surface area contributed by atoms with Crippen LogP contribution in [0.2, 0.25) is 0 Å². The van der Waals surface area contributed by atoms with E-state index >= 15 is 0 Å². The highest BCUT2D eigenvalue weighted by molar-refractivity contribution is 5.96. The van der Waals surface area contributed by atoms with Crippen molar-refractivity contribution in [2.75, 3.05) is 0 Å². The largest absolute Gasteiger partial charge is 0.457 e. The molecular formula is C25H30N4O2. The van der Waals surface area contributed by atoms with E-state index in [9.17, 15) is 4.79 Å². The number of hydrogen-bond acceptors (Lipinski definition) is 4. The number of pyridine rings is 1. The van der Waals surface area contributed by atoms with Crippen molar-refractivity contribution in [3.05, 3.63) is 60.0 Å². The Bertz CT molecular complexity index is 1050. The van der Waals surface area contributed by atoms with Crippen molar-refractivity contribution in [3.8, 4) is 22.8 Å². The minimum Gasteiger partial charge on any atom is -0.457 e. The summed E-state index contributed by atoms with van der Waals surface area (Å²) in [6, 6.07) is 9.50. The number of aromatic nitrogens is 3. The monoisotopic (exact) mass is 418 g/mol. The number of nitrogens with one attached hydrogen (secondary N) is 1. The fraction of sp³-hybridized carbons (Fsp3) is 0.400. The molecule has 162 valence electrons. The summed E-state index contributed by atoms with van der Waals surface area (Å²) in [6.45, 7) is 4.05. The lowest BCUT2D eigenvalue weighted by Crippen LogP contribution is -2.39. The van der Waals surface area contributed by atoms with E-state index in [4.69, 9.17) is 4.74 Å². The number of nitrogens with zero attached hydrogens (tertiary/aromatic N) is 3. The smallest absolute Gasteiger partial charge is 0.251 e. The molecule has 1 atom stereocenters. The molecule has 1 aliphatic rings. The Morgan fingerprint density at radius 1 is 1.23 bits per heavy atom. The maximum absolute atomic E-state index is 13.0. The minimum absolute atomic E-state index is 0.0354. The summed E-state index contributed by atoms with van der Waals surface area (Å²) >= 11 is 0. The van der Waals surface area contributed by atoms with Crippen molar-refractivity contribution in [1.82, 2.24) is 20.1 Å². The van der Waals surface area contributed by atoms with Gasteiger partial charge in [0.2, 0.25) is 0 Å². The average molecular weight is 419 g/mol. The Morgan fingerprint density at radius 2 is 2.03 bits per heavy atom.